The highest BCUT2D eigenvalue weighted by Crippen LogP contribution is 2.10. The molecule has 24 heavy (non-hydrogen) atoms. The largest absolute Gasteiger partial charge is 0.323 e. The number of rotatable bonds is 6. The van der Waals surface area contributed by atoms with E-state index in [-0.39, 0.29) is 0 Å². The second kappa shape index (κ2) is 6.62. The third kappa shape index (κ3) is 3.58. The normalized spacial score (nSPS) is 12.8. The number of nitrogens with zero attached hydrogens (tertiary/aromatic N) is 7. The predicted molar refractivity (Wildman–Crippen MR) is 84.8 cm³/mol. The quantitative estimate of drug-likeness (QED) is 0.468. The number of aromatic nitrogens is 4. The Morgan fingerprint density at radius 3 is 2.50 bits per heavy atom. The molecular formula is C11H15N7O4S2. The second-order valence-electron chi connectivity index (χ2n) is 4.66. The van der Waals surface area contributed by atoms with Gasteiger partial charge in [-0.2, -0.15) is 30.7 Å². The van der Waals surface area contributed by atoms with E-state index in [1.807, 2.05) is 0 Å². The van der Waals surface area contributed by atoms with E-state index in [9.17, 15) is 16.8 Å². The molecule has 0 aromatic carbocycles. The Bertz CT molecular complexity index is 936. The smallest absolute Gasteiger partial charge is 0.264 e. The SMILES string of the molecule is CN(/N=C/c1cccnc1)S(=O)(=O)c1ncn(S(=O)(=O)N(C)C)n1. The van der Waals surface area contributed by atoms with Crippen LogP contribution >= 0.6 is 0 Å². The lowest BCUT2D eigenvalue weighted by molar-refractivity contribution is 0.481. The standard InChI is InChI=1S/C11H15N7O4S2/c1-16(2)24(21,22)18-9-13-11(15-18)23(19,20)17(3)14-8-10-5-4-6-12-7-10/h4-9H,1-3H3/b14-8+. The van der Waals surface area contributed by atoms with Gasteiger partial charge in [0.15, 0.2) is 0 Å². The Labute approximate surface area is 139 Å². The van der Waals surface area contributed by atoms with E-state index in [0.717, 1.165) is 10.6 Å². The monoisotopic (exact) mass is 373 g/mol. The molecule has 0 N–H and O–H groups in total. The first kappa shape index (κ1) is 18.0. The first-order chi connectivity index (χ1) is 11.2. The van der Waals surface area contributed by atoms with Gasteiger partial charge in [0.25, 0.3) is 5.16 Å². The molecule has 0 bridgehead atoms. The third-order valence-corrected chi connectivity index (χ3v) is 5.79. The van der Waals surface area contributed by atoms with Gasteiger partial charge in [-0.05, 0) is 6.07 Å². The highest BCUT2D eigenvalue weighted by Gasteiger charge is 2.27. The van der Waals surface area contributed by atoms with Crippen LogP contribution in [-0.2, 0) is 20.2 Å². The average Bonchev–Trinajstić information content (AvgIpc) is 3.04. The molecular weight excluding hydrogens is 358 g/mol. The zero-order valence-corrected chi connectivity index (χ0v) is 14.7. The van der Waals surface area contributed by atoms with Crippen molar-refractivity contribution in [1.29, 1.82) is 0 Å². The summed E-state index contributed by atoms with van der Waals surface area (Å²) >= 11 is 0. The van der Waals surface area contributed by atoms with E-state index in [1.54, 1.807) is 18.3 Å². The van der Waals surface area contributed by atoms with E-state index < -0.39 is 25.4 Å². The van der Waals surface area contributed by atoms with Crippen LogP contribution in [0.3, 0.4) is 0 Å². The van der Waals surface area contributed by atoms with Crippen LogP contribution in [0.5, 0.6) is 0 Å². The molecule has 0 fully saturated rings. The van der Waals surface area contributed by atoms with Gasteiger partial charge in [-0.15, -0.1) is 9.19 Å². The molecule has 0 radical (unpaired) electrons. The van der Waals surface area contributed by atoms with Gasteiger partial charge in [0.1, 0.15) is 6.33 Å². The molecule has 0 unspecified atom stereocenters. The molecule has 0 aliphatic carbocycles. The number of hydrogen-bond acceptors (Lipinski definition) is 8. The minimum Gasteiger partial charge on any atom is -0.264 e. The summed E-state index contributed by atoms with van der Waals surface area (Å²) in [6.45, 7) is 0. The summed E-state index contributed by atoms with van der Waals surface area (Å²) < 4.78 is 50.4. The van der Waals surface area contributed by atoms with Crippen LogP contribution in [0.2, 0.25) is 0 Å². The molecule has 0 saturated carbocycles. The van der Waals surface area contributed by atoms with Crippen LogP contribution in [0.25, 0.3) is 0 Å². The molecule has 2 aromatic heterocycles. The van der Waals surface area contributed by atoms with Gasteiger partial charge in [-0.1, -0.05) is 6.07 Å². The molecule has 0 saturated heterocycles. The topological polar surface area (TPSA) is 131 Å². The minimum absolute atomic E-state index is 0.471. The van der Waals surface area contributed by atoms with Gasteiger partial charge < -0.3 is 0 Å². The molecule has 0 spiro atoms. The summed E-state index contributed by atoms with van der Waals surface area (Å²) in [5.74, 6) is 0. The maximum Gasteiger partial charge on any atom is 0.323 e. The van der Waals surface area contributed by atoms with Crippen molar-refractivity contribution in [2.45, 2.75) is 5.16 Å². The second-order valence-corrected chi connectivity index (χ2v) is 8.50. The average molecular weight is 373 g/mol. The van der Waals surface area contributed by atoms with Gasteiger partial charge in [0, 0.05) is 39.1 Å². The van der Waals surface area contributed by atoms with Gasteiger partial charge in [0.2, 0.25) is 0 Å². The van der Waals surface area contributed by atoms with Crippen LogP contribution in [-0.4, -0.2) is 72.1 Å². The lowest BCUT2D eigenvalue weighted by Gasteiger charge is -2.11. The fraction of sp³-hybridized carbons (Fsp3) is 0.273. The molecule has 2 rings (SSSR count). The zero-order chi connectivity index (χ0) is 18.0. The summed E-state index contributed by atoms with van der Waals surface area (Å²) in [7, 11) is -4.38. The summed E-state index contributed by atoms with van der Waals surface area (Å²) in [4.78, 5) is 7.41. The molecule has 130 valence electrons. The molecule has 2 heterocycles. The third-order valence-electron chi connectivity index (χ3n) is 2.78. The van der Waals surface area contributed by atoms with Gasteiger partial charge >= 0.3 is 20.2 Å². The number of hydrogen-bond donors (Lipinski definition) is 0. The van der Waals surface area contributed by atoms with E-state index in [1.165, 1.54) is 33.6 Å². The summed E-state index contributed by atoms with van der Waals surface area (Å²) in [5, 5.41) is 6.61. The predicted octanol–water partition coefficient (Wildman–Crippen LogP) is -1.02. The van der Waals surface area contributed by atoms with Crippen molar-refractivity contribution in [3.8, 4) is 0 Å². The highest BCUT2D eigenvalue weighted by atomic mass is 32.2. The van der Waals surface area contributed by atoms with Crippen molar-refractivity contribution < 1.29 is 16.8 Å². The van der Waals surface area contributed by atoms with Crippen LogP contribution in [0, 0.1) is 0 Å². The van der Waals surface area contributed by atoms with Gasteiger partial charge in [-0.25, -0.2) is 4.98 Å². The lowest BCUT2D eigenvalue weighted by Crippen LogP contribution is -2.30. The number of pyridine rings is 1. The fourth-order valence-corrected chi connectivity index (χ4v) is 2.92. The Balaban J connectivity index is 2.28. The minimum atomic E-state index is -4.19. The first-order valence-electron chi connectivity index (χ1n) is 6.43. The Kier molecular flexibility index (Phi) is 4.96. The summed E-state index contributed by atoms with van der Waals surface area (Å²) in [6, 6.07) is 3.36. The Morgan fingerprint density at radius 1 is 1.21 bits per heavy atom. The first-order valence-corrected chi connectivity index (χ1v) is 9.27. The Morgan fingerprint density at radius 2 is 1.92 bits per heavy atom. The zero-order valence-electron chi connectivity index (χ0n) is 13.0. The molecule has 0 atom stereocenters. The maximum absolute atomic E-state index is 12.3. The highest BCUT2D eigenvalue weighted by molar-refractivity contribution is 7.89. The molecule has 11 nitrogen and oxygen atoms in total. The molecule has 13 heteroatoms. The van der Waals surface area contributed by atoms with Crippen LogP contribution in [0.1, 0.15) is 5.56 Å². The number of hydrazone groups is 1. The van der Waals surface area contributed by atoms with E-state index in [4.69, 9.17) is 0 Å². The van der Waals surface area contributed by atoms with Crippen molar-refractivity contribution in [1.82, 2.24) is 27.9 Å². The summed E-state index contributed by atoms with van der Waals surface area (Å²) in [6.07, 6.45) is 5.17. The Hall–Kier alpha value is -2.38. The van der Waals surface area contributed by atoms with Crippen molar-refractivity contribution in [2.75, 3.05) is 21.1 Å². The molecule has 2 aromatic rings. The summed E-state index contributed by atoms with van der Waals surface area (Å²) in [5.41, 5.74) is 0.591. The van der Waals surface area contributed by atoms with E-state index >= 15 is 0 Å². The van der Waals surface area contributed by atoms with Gasteiger partial charge in [0.05, 0.1) is 6.21 Å². The van der Waals surface area contributed by atoms with Crippen molar-refractivity contribution in [3.05, 3.63) is 36.4 Å². The number of sulfonamides is 1. The van der Waals surface area contributed by atoms with Crippen LogP contribution in [0.4, 0.5) is 0 Å². The van der Waals surface area contributed by atoms with Crippen molar-refractivity contribution in [3.63, 3.8) is 0 Å². The van der Waals surface area contributed by atoms with Crippen molar-refractivity contribution in [2.24, 2.45) is 5.10 Å². The maximum atomic E-state index is 12.3. The van der Waals surface area contributed by atoms with Crippen LogP contribution in [0.15, 0.2) is 41.1 Å². The van der Waals surface area contributed by atoms with E-state index in [0.29, 0.717) is 14.1 Å². The fourth-order valence-electron chi connectivity index (χ4n) is 1.41. The molecule has 0 amide bonds. The van der Waals surface area contributed by atoms with Gasteiger partial charge in [-0.3, -0.25) is 4.98 Å². The molecule has 0 aliphatic heterocycles. The van der Waals surface area contributed by atoms with Crippen molar-refractivity contribution >= 4 is 26.4 Å². The van der Waals surface area contributed by atoms with Crippen LogP contribution < -0.4 is 0 Å². The van der Waals surface area contributed by atoms with E-state index in [2.05, 4.69) is 20.2 Å². The lowest BCUT2D eigenvalue weighted by atomic mass is 10.3. The molecule has 0 aliphatic rings.